The number of likely N-dealkylation sites (tertiary alicyclic amines) is 1. The number of nitrogens with one attached hydrogen (secondary N) is 1. The second-order valence-electron chi connectivity index (χ2n) is 8.75. The van der Waals surface area contributed by atoms with Crippen molar-refractivity contribution in [3.63, 3.8) is 0 Å². The van der Waals surface area contributed by atoms with Gasteiger partial charge in [0.05, 0.1) is 15.6 Å². The van der Waals surface area contributed by atoms with Gasteiger partial charge in [0.15, 0.2) is 0 Å². The molecule has 2 aliphatic rings. The molecular weight excluding hydrogens is 477 g/mol. The average Bonchev–Trinajstić information content (AvgIpc) is 3.28. The number of aromatic nitrogens is 1. The Morgan fingerprint density at radius 1 is 1.15 bits per heavy atom. The SMILES string of the molecule is N#Cc1ccc(N2CCC(C(=O)N3C[C@H](CNC(=O)O)[C@H](c4ccc(Cl)c(Cl)c4)C3)CC2)nc1. The van der Waals surface area contributed by atoms with E-state index in [0.717, 1.165) is 11.4 Å². The van der Waals surface area contributed by atoms with Crippen LogP contribution in [0.15, 0.2) is 36.5 Å². The minimum absolute atomic E-state index is 0.0338. The van der Waals surface area contributed by atoms with Gasteiger partial charge in [-0.1, -0.05) is 29.3 Å². The Balaban J connectivity index is 1.41. The molecule has 178 valence electrons. The molecule has 2 amide bonds. The predicted octanol–water partition coefficient (Wildman–Crippen LogP) is 3.99. The molecule has 2 saturated heterocycles. The second kappa shape index (κ2) is 10.5. The number of carboxylic acid groups (broad SMARTS) is 1. The van der Waals surface area contributed by atoms with Gasteiger partial charge < -0.3 is 20.2 Å². The normalized spacial score (nSPS) is 20.7. The predicted molar refractivity (Wildman–Crippen MR) is 129 cm³/mol. The van der Waals surface area contributed by atoms with Crippen molar-refractivity contribution in [2.45, 2.75) is 18.8 Å². The molecule has 0 saturated carbocycles. The molecule has 2 fully saturated rings. The molecular formula is C24H25Cl2N5O3. The van der Waals surface area contributed by atoms with Crippen LogP contribution >= 0.6 is 23.2 Å². The lowest BCUT2D eigenvalue weighted by Crippen LogP contribution is -2.42. The summed E-state index contributed by atoms with van der Waals surface area (Å²) in [5.41, 5.74) is 1.47. The molecule has 0 radical (unpaired) electrons. The second-order valence-corrected chi connectivity index (χ2v) is 9.56. The van der Waals surface area contributed by atoms with Gasteiger partial charge in [0.2, 0.25) is 5.91 Å². The van der Waals surface area contributed by atoms with Crippen LogP contribution in [0.1, 0.15) is 29.9 Å². The van der Waals surface area contributed by atoms with Gasteiger partial charge in [-0.05, 0) is 42.7 Å². The number of amides is 2. The third-order valence-electron chi connectivity index (χ3n) is 6.69. The number of nitriles is 1. The summed E-state index contributed by atoms with van der Waals surface area (Å²) in [4.78, 5) is 32.8. The van der Waals surface area contributed by atoms with E-state index < -0.39 is 6.09 Å². The summed E-state index contributed by atoms with van der Waals surface area (Å²) in [6.07, 6.45) is 1.91. The Hall–Kier alpha value is -3.02. The molecule has 3 heterocycles. The van der Waals surface area contributed by atoms with E-state index in [4.69, 9.17) is 33.6 Å². The molecule has 10 heteroatoms. The third kappa shape index (κ3) is 5.37. The van der Waals surface area contributed by atoms with Crippen molar-refractivity contribution >= 4 is 41.0 Å². The third-order valence-corrected chi connectivity index (χ3v) is 7.42. The lowest BCUT2D eigenvalue weighted by atomic mass is 9.89. The average molecular weight is 502 g/mol. The fourth-order valence-corrected chi connectivity index (χ4v) is 5.16. The standard InChI is InChI=1S/C24H25Cl2N5O3/c25-20-3-2-17(9-21(20)26)19-14-31(13-18(19)12-29-24(33)34)23(32)16-5-7-30(8-6-16)22-4-1-15(10-27)11-28-22/h1-4,9,11,16,18-19,29H,5-8,12-14H2,(H,33,34)/t18-,19-/m0/s1. The molecule has 1 aromatic heterocycles. The molecule has 34 heavy (non-hydrogen) atoms. The molecule has 0 bridgehead atoms. The maximum Gasteiger partial charge on any atom is 0.404 e. The van der Waals surface area contributed by atoms with Crippen molar-refractivity contribution in [2.75, 3.05) is 37.6 Å². The maximum absolute atomic E-state index is 13.4. The quantitative estimate of drug-likeness (QED) is 0.640. The fourth-order valence-electron chi connectivity index (χ4n) is 4.85. The summed E-state index contributed by atoms with van der Waals surface area (Å²) in [5.74, 6) is 0.741. The van der Waals surface area contributed by atoms with Gasteiger partial charge in [-0.25, -0.2) is 9.78 Å². The van der Waals surface area contributed by atoms with Crippen LogP contribution in [0.3, 0.4) is 0 Å². The van der Waals surface area contributed by atoms with Gasteiger partial charge in [0.25, 0.3) is 0 Å². The highest BCUT2D eigenvalue weighted by Crippen LogP contribution is 2.37. The number of nitrogens with zero attached hydrogens (tertiary/aromatic N) is 4. The van der Waals surface area contributed by atoms with Gasteiger partial charge in [-0.2, -0.15) is 5.26 Å². The van der Waals surface area contributed by atoms with Crippen molar-refractivity contribution in [3.05, 3.63) is 57.7 Å². The Kier molecular flexibility index (Phi) is 7.44. The number of hydrogen-bond acceptors (Lipinski definition) is 5. The van der Waals surface area contributed by atoms with Gasteiger partial charge in [-0.3, -0.25) is 4.79 Å². The lowest BCUT2D eigenvalue weighted by molar-refractivity contribution is -0.135. The Labute approximate surface area is 208 Å². The first-order valence-corrected chi connectivity index (χ1v) is 11.9. The molecule has 2 aliphatic heterocycles. The summed E-state index contributed by atoms with van der Waals surface area (Å²) in [6.45, 7) is 2.68. The number of rotatable bonds is 5. The summed E-state index contributed by atoms with van der Waals surface area (Å²) < 4.78 is 0. The molecule has 0 aliphatic carbocycles. The highest BCUT2D eigenvalue weighted by molar-refractivity contribution is 6.42. The molecule has 2 aromatic rings. The van der Waals surface area contributed by atoms with Crippen molar-refractivity contribution < 1.29 is 14.7 Å². The van der Waals surface area contributed by atoms with Crippen LogP contribution in [0.4, 0.5) is 10.6 Å². The first-order valence-electron chi connectivity index (χ1n) is 11.2. The van der Waals surface area contributed by atoms with E-state index in [0.29, 0.717) is 54.6 Å². The molecule has 1 aromatic carbocycles. The highest BCUT2D eigenvalue weighted by Gasteiger charge is 2.39. The van der Waals surface area contributed by atoms with Crippen LogP contribution < -0.4 is 10.2 Å². The van der Waals surface area contributed by atoms with E-state index in [2.05, 4.69) is 21.3 Å². The zero-order chi connectivity index (χ0) is 24.2. The summed E-state index contributed by atoms with van der Waals surface area (Å²) in [5, 5.41) is 21.4. The first kappa shape index (κ1) is 24.1. The maximum atomic E-state index is 13.4. The van der Waals surface area contributed by atoms with Crippen molar-refractivity contribution in [3.8, 4) is 6.07 Å². The van der Waals surface area contributed by atoms with Gasteiger partial charge in [-0.15, -0.1) is 0 Å². The van der Waals surface area contributed by atoms with Gasteiger partial charge >= 0.3 is 6.09 Å². The van der Waals surface area contributed by atoms with Gasteiger partial charge in [0.1, 0.15) is 11.9 Å². The van der Waals surface area contributed by atoms with E-state index in [1.807, 2.05) is 17.0 Å². The largest absolute Gasteiger partial charge is 0.465 e. The number of hydrogen-bond donors (Lipinski definition) is 2. The summed E-state index contributed by atoms with van der Waals surface area (Å²) >= 11 is 12.3. The van der Waals surface area contributed by atoms with E-state index in [-0.39, 0.29) is 30.2 Å². The molecule has 8 nitrogen and oxygen atoms in total. The van der Waals surface area contributed by atoms with Crippen LogP contribution in [-0.2, 0) is 4.79 Å². The Bertz CT molecular complexity index is 1100. The number of piperidine rings is 1. The van der Waals surface area contributed by atoms with Crippen molar-refractivity contribution in [1.82, 2.24) is 15.2 Å². The summed E-state index contributed by atoms with van der Waals surface area (Å²) in [6, 6.07) is 11.1. The van der Waals surface area contributed by atoms with Crippen LogP contribution in [0.2, 0.25) is 10.0 Å². The smallest absolute Gasteiger partial charge is 0.404 e. The minimum Gasteiger partial charge on any atom is -0.465 e. The molecule has 2 N–H and O–H groups in total. The summed E-state index contributed by atoms with van der Waals surface area (Å²) in [7, 11) is 0. The zero-order valence-corrected chi connectivity index (χ0v) is 20.0. The molecule has 2 atom stereocenters. The zero-order valence-electron chi connectivity index (χ0n) is 18.5. The van der Waals surface area contributed by atoms with E-state index >= 15 is 0 Å². The monoisotopic (exact) mass is 501 g/mol. The van der Waals surface area contributed by atoms with Gasteiger partial charge in [0, 0.05) is 56.7 Å². The number of carbonyl (C=O) groups is 2. The molecule has 0 unspecified atom stereocenters. The number of carbonyl (C=O) groups excluding carboxylic acids is 1. The minimum atomic E-state index is -1.08. The Morgan fingerprint density at radius 3 is 2.53 bits per heavy atom. The van der Waals surface area contributed by atoms with Crippen LogP contribution in [-0.4, -0.2) is 59.7 Å². The van der Waals surface area contributed by atoms with Crippen molar-refractivity contribution in [2.24, 2.45) is 11.8 Å². The molecule has 4 rings (SSSR count). The van der Waals surface area contributed by atoms with E-state index in [1.54, 1.807) is 24.4 Å². The van der Waals surface area contributed by atoms with Crippen LogP contribution in [0, 0.1) is 23.2 Å². The van der Waals surface area contributed by atoms with Crippen LogP contribution in [0.25, 0.3) is 0 Å². The van der Waals surface area contributed by atoms with E-state index in [9.17, 15) is 9.59 Å². The topological polar surface area (TPSA) is 110 Å². The number of pyridine rings is 1. The molecule has 0 spiro atoms. The Morgan fingerprint density at radius 2 is 1.91 bits per heavy atom. The number of benzene rings is 1. The number of anilines is 1. The lowest BCUT2D eigenvalue weighted by Gasteiger charge is -2.34. The highest BCUT2D eigenvalue weighted by atomic mass is 35.5. The number of halogens is 2. The first-order chi connectivity index (χ1) is 16.4. The van der Waals surface area contributed by atoms with Crippen molar-refractivity contribution in [1.29, 1.82) is 5.26 Å². The van der Waals surface area contributed by atoms with Crippen LogP contribution in [0.5, 0.6) is 0 Å². The fraction of sp³-hybridized carbons (Fsp3) is 0.417. The van der Waals surface area contributed by atoms with E-state index in [1.165, 1.54) is 0 Å².